The van der Waals surface area contributed by atoms with E-state index < -0.39 is 0 Å². The van der Waals surface area contributed by atoms with Crippen molar-refractivity contribution in [1.29, 1.82) is 0 Å². The Balaban J connectivity index is 2.04. The average Bonchev–Trinajstić information content (AvgIpc) is 2.91. The van der Waals surface area contributed by atoms with E-state index in [4.69, 9.17) is 0 Å². The van der Waals surface area contributed by atoms with Crippen molar-refractivity contribution in [3.8, 4) is 0 Å². The largest absolute Gasteiger partial charge is 0.316 e. The summed E-state index contributed by atoms with van der Waals surface area (Å²) in [7, 11) is 0. The van der Waals surface area contributed by atoms with E-state index in [-0.39, 0.29) is 0 Å². The van der Waals surface area contributed by atoms with Gasteiger partial charge >= 0.3 is 0 Å². The molecule has 4 heteroatoms. The van der Waals surface area contributed by atoms with Gasteiger partial charge in [-0.25, -0.2) is 4.98 Å². The highest BCUT2D eigenvalue weighted by atomic mass is 79.9. The predicted molar refractivity (Wildman–Crippen MR) is 90.4 cm³/mol. The maximum atomic E-state index is 4.42. The predicted octanol–water partition coefficient (Wildman–Crippen LogP) is 4.48. The van der Waals surface area contributed by atoms with Crippen molar-refractivity contribution < 1.29 is 0 Å². The van der Waals surface area contributed by atoms with Crippen LogP contribution >= 0.6 is 27.3 Å². The van der Waals surface area contributed by atoms with Crippen LogP contribution in [-0.2, 0) is 6.42 Å². The molecule has 0 aliphatic rings. The molecule has 2 rings (SSSR count). The SMILES string of the molecule is CC(C)CNCC(Cc1nccs1)c1ccc(Br)cc1. The van der Waals surface area contributed by atoms with E-state index >= 15 is 0 Å². The molecular weight excluding hydrogens is 332 g/mol. The molecule has 0 saturated heterocycles. The van der Waals surface area contributed by atoms with Gasteiger partial charge in [0.1, 0.15) is 0 Å². The number of aromatic nitrogens is 1. The summed E-state index contributed by atoms with van der Waals surface area (Å²) >= 11 is 5.24. The van der Waals surface area contributed by atoms with E-state index in [0.29, 0.717) is 11.8 Å². The van der Waals surface area contributed by atoms with Gasteiger partial charge in [-0.3, -0.25) is 0 Å². The second-order valence-corrected chi connectivity index (χ2v) is 7.33. The Morgan fingerprint density at radius 1 is 1.20 bits per heavy atom. The monoisotopic (exact) mass is 352 g/mol. The van der Waals surface area contributed by atoms with Crippen molar-refractivity contribution in [2.75, 3.05) is 13.1 Å². The quantitative estimate of drug-likeness (QED) is 0.794. The van der Waals surface area contributed by atoms with Crippen LogP contribution in [0.1, 0.15) is 30.3 Å². The van der Waals surface area contributed by atoms with Crippen LogP contribution in [0.25, 0.3) is 0 Å². The van der Waals surface area contributed by atoms with Crippen LogP contribution in [-0.4, -0.2) is 18.1 Å². The fourth-order valence-corrected chi connectivity index (χ4v) is 3.12. The van der Waals surface area contributed by atoms with E-state index in [1.807, 2.05) is 6.20 Å². The molecule has 0 spiro atoms. The molecule has 2 aromatic rings. The summed E-state index contributed by atoms with van der Waals surface area (Å²) in [5.41, 5.74) is 1.37. The van der Waals surface area contributed by atoms with Crippen molar-refractivity contribution in [1.82, 2.24) is 10.3 Å². The zero-order chi connectivity index (χ0) is 14.4. The number of thiazole rings is 1. The maximum Gasteiger partial charge on any atom is 0.0931 e. The first-order valence-electron chi connectivity index (χ1n) is 6.99. The van der Waals surface area contributed by atoms with Crippen molar-refractivity contribution >= 4 is 27.3 Å². The first kappa shape index (κ1) is 15.7. The zero-order valence-corrected chi connectivity index (χ0v) is 14.4. The van der Waals surface area contributed by atoms with Gasteiger partial charge in [0.05, 0.1) is 5.01 Å². The lowest BCUT2D eigenvalue weighted by molar-refractivity contribution is 0.514. The molecule has 0 bridgehead atoms. The fourth-order valence-electron chi connectivity index (χ4n) is 2.15. The van der Waals surface area contributed by atoms with E-state index in [0.717, 1.165) is 24.0 Å². The van der Waals surface area contributed by atoms with Crippen LogP contribution in [0.4, 0.5) is 0 Å². The number of hydrogen-bond acceptors (Lipinski definition) is 3. The third-order valence-electron chi connectivity index (χ3n) is 3.19. The normalized spacial score (nSPS) is 12.8. The summed E-state index contributed by atoms with van der Waals surface area (Å²) in [6.07, 6.45) is 2.89. The standard InChI is InChI=1S/C16H21BrN2S/c1-12(2)10-18-11-14(9-16-19-7-8-20-16)13-3-5-15(17)6-4-13/h3-8,12,14,18H,9-11H2,1-2H3. The first-order chi connectivity index (χ1) is 9.65. The highest BCUT2D eigenvalue weighted by Crippen LogP contribution is 2.23. The number of benzene rings is 1. The van der Waals surface area contributed by atoms with Crippen LogP contribution < -0.4 is 5.32 Å². The Morgan fingerprint density at radius 3 is 2.55 bits per heavy atom. The molecule has 1 N–H and O–H groups in total. The third-order valence-corrected chi connectivity index (χ3v) is 4.52. The van der Waals surface area contributed by atoms with Gasteiger partial charge in [0.15, 0.2) is 0 Å². The molecule has 20 heavy (non-hydrogen) atoms. The Bertz CT molecular complexity index is 494. The average molecular weight is 353 g/mol. The Morgan fingerprint density at radius 2 is 1.95 bits per heavy atom. The van der Waals surface area contributed by atoms with Crippen LogP contribution in [0, 0.1) is 5.92 Å². The number of halogens is 1. The Hall–Kier alpha value is -0.710. The molecule has 0 radical (unpaired) electrons. The summed E-state index contributed by atoms with van der Waals surface area (Å²) in [5.74, 6) is 1.16. The summed E-state index contributed by atoms with van der Waals surface area (Å²) in [4.78, 5) is 4.42. The first-order valence-corrected chi connectivity index (χ1v) is 8.67. The maximum absolute atomic E-state index is 4.42. The molecule has 1 aromatic carbocycles. The molecule has 0 fully saturated rings. The molecule has 0 amide bonds. The van der Waals surface area contributed by atoms with Gasteiger partial charge in [0.25, 0.3) is 0 Å². The number of nitrogens with zero attached hydrogens (tertiary/aromatic N) is 1. The van der Waals surface area contributed by atoms with Gasteiger partial charge in [-0.05, 0) is 30.2 Å². The fraction of sp³-hybridized carbons (Fsp3) is 0.438. The highest BCUT2D eigenvalue weighted by Gasteiger charge is 2.14. The smallest absolute Gasteiger partial charge is 0.0931 e. The second kappa shape index (κ2) is 7.91. The van der Waals surface area contributed by atoms with Gasteiger partial charge in [0, 0.05) is 34.9 Å². The van der Waals surface area contributed by atoms with Gasteiger partial charge in [0.2, 0.25) is 0 Å². The van der Waals surface area contributed by atoms with Crippen molar-refractivity contribution in [3.63, 3.8) is 0 Å². The summed E-state index contributed by atoms with van der Waals surface area (Å²) in [6, 6.07) is 8.65. The zero-order valence-electron chi connectivity index (χ0n) is 12.0. The topological polar surface area (TPSA) is 24.9 Å². The van der Waals surface area contributed by atoms with Crippen LogP contribution in [0.3, 0.4) is 0 Å². The van der Waals surface area contributed by atoms with Crippen LogP contribution in [0.2, 0.25) is 0 Å². The lowest BCUT2D eigenvalue weighted by Gasteiger charge is -2.18. The van der Waals surface area contributed by atoms with Gasteiger partial charge < -0.3 is 5.32 Å². The molecule has 1 heterocycles. The summed E-state index contributed by atoms with van der Waals surface area (Å²) in [6.45, 7) is 6.54. The van der Waals surface area contributed by atoms with Crippen LogP contribution in [0.15, 0.2) is 40.3 Å². The molecular formula is C16H21BrN2S. The molecule has 0 aliphatic heterocycles. The van der Waals surface area contributed by atoms with Crippen LogP contribution in [0.5, 0.6) is 0 Å². The van der Waals surface area contributed by atoms with E-state index in [2.05, 4.69) is 69.7 Å². The number of rotatable bonds is 7. The molecule has 1 aromatic heterocycles. The Labute approximate surface area is 133 Å². The minimum absolute atomic E-state index is 0.480. The minimum Gasteiger partial charge on any atom is -0.316 e. The number of nitrogens with one attached hydrogen (secondary N) is 1. The highest BCUT2D eigenvalue weighted by molar-refractivity contribution is 9.10. The molecule has 0 saturated carbocycles. The summed E-state index contributed by atoms with van der Waals surface area (Å²) < 4.78 is 1.13. The minimum atomic E-state index is 0.480. The molecule has 108 valence electrons. The lowest BCUT2D eigenvalue weighted by atomic mass is 9.96. The molecule has 1 unspecified atom stereocenters. The van der Waals surface area contributed by atoms with E-state index in [1.165, 1.54) is 10.6 Å². The Kier molecular flexibility index (Phi) is 6.20. The van der Waals surface area contributed by atoms with Crippen molar-refractivity contribution in [2.45, 2.75) is 26.2 Å². The van der Waals surface area contributed by atoms with E-state index in [9.17, 15) is 0 Å². The van der Waals surface area contributed by atoms with Crippen molar-refractivity contribution in [2.24, 2.45) is 5.92 Å². The van der Waals surface area contributed by atoms with Crippen molar-refractivity contribution in [3.05, 3.63) is 50.9 Å². The van der Waals surface area contributed by atoms with Gasteiger partial charge in [-0.2, -0.15) is 0 Å². The molecule has 2 nitrogen and oxygen atoms in total. The van der Waals surface area contributed by atoms with E-state index in [1.54, 1.807) is 11.3 Å². The lowest BCUT2D eigenvalue weighted by Crippen LogP contribution is -2.26. The summed E-state index contributed by atoms with van der Waals surface area (Å²) in [5, 5.41) is 6.84. The molecule has 0 aliphatic carbocycles. The van der Waals surface area contributed by atoms with Gasteiger partial charge in [-0.1, -0.05) is 41.9 Å². The molecule has 1 atom stereocenters. The number of hydrogen-bond donors (Lipinski definition) is 1. The second-order valence-electron chi connectivity index (χ2n) is 5.43. The third kappa shape index (κ3) is 5.00. The van der Waals surface area contributed by atoms with Gasteiger partial charge in [-0.15, -0.1) is 11.3 Å².